The van der Waals surface area contributed by atoms with Crippen molar-refractivity contribution in [1.82, 2.24) is 15.2 Å². The highest BCUT2D eigenvalue weighted by Crippen LogP contribution is 2.11. The second-order valence-corrected chi connectivity index (χ2v) is 4.98. The van der Waals surface area contributed by atoms with E-state index in [1.165, 1.54) is 11.4 Å². The molecule has 1 N–H and O–H groups in total. The molecule has 1 fully saturated rings. The fourth-order valence-corrected chi connectivity index (χ4v) is 2.50. The van der Waals surface area contributed by atoms with E-state index in [4.69, 9.17) is 0 Å². The minimum atomic E-state index is 0.755. The summed E-state index contributed by atoms with van der Waals surface area (Å²) in [6, 6.07) is 0. The third-order valence-electron chi connectivity index (χ3n) is 2.53. The number of thiazole rings is 1. The molecule has 1 aliphatic heterocycles. The third-order valence-corrected chi connectivity index (χ3v) is 3.29. The van der Waals surface area contributed by atoms with E-state index in [0.29, 0.717) is 0 Å². The maximum atomic E-state index is 4.11. The van der Waals surface area contributed by atoms with Crippen LogP contribution in [-0.4, -0.2) is 36.1 Å². The summed E-state index contributed by atoms with van der Waals surface area (Å²) in [7, 11) is 0. The molecule has 1 atom stereocenters. The van der Waals surface area contributed by atoms with Gasteiger partial charge in [0.1, 0.15) is 0 Å². The van der Waals surface area contributed by atoms with Crippen LogP contribution in [0.2, 0.25) is 0 Å². The van der Waals surface area contributed by atoms with Gasteiger partial charge >= 0.3 is 0 Å². The quantitative estimate of drug-likeness (QED) is 0.796. The van der Waals surface area contributed by atoms with Crippen molar-refractivity contribution in [2.75, 3.05) is 26.2 Å². The molecule has 0 radical (unpaired) electrons. The van der Waals surface area contributed by atoms with Crippen LogP contribution in [0.4, 0.5) is 0 Å². The second-order valence-electron chi connectivity index (χ2n) is 4.01. The van der Waals surface area contributed by atoms with Gasteiger partial charge in [-0.2, -0.15) is 0 Å². The number of nitrogens with zero attached hydrogens (tertiary/aromatic N) is 2. The van der Waals surface area contributed by atoms with Crippen molar-refractivity contribution in [3.63, 3.8) is 0 Å². The van der Waals surface area contributed by atoms with E-state index < -0.39 is 0 Å². The van der Waals surface area contributed by atoms with E-state index in [-0.39, 0.29) is 0 Å². The van der Waals surface area contributed by atoms with Gasteiger partial charge in [0.05, 0.1) is 5.51 Å². The van der Waals surface area contributed by atoms with E-state index in [1.54, 1.807) is 11.3 Å². The first-order valence-corrected chi connectivity index (χ1v) is 6.03. The normalized spacial score (nSPS) is 24.8. The molecular weight excluding hydrogens is 194 g/mol. The Morgan fingerprint density at radius 2 is 2.64 bits per heavy atom. The Bertz CT molecular complexity index is 260. The Kier molecular flexibility index (Phi) is 3.50. The van der Waals surface area contributed by atoms with Gasteiger partial charge in [0.25, 0.3) is 0 Å². The average Bonchev–Trinajstić information content (AvgIpc) is 2.56. The summed E-state index contributed by atoms with van der Waals surface area (Å²) in [5, 5.41) is 3.45. The molecule has 1 saturated heterocycles. The van der Waals surface area contributed by atoms with Crippen LogP contribution in [0, 0.1) is 5.92 Å². The summed E-state index contributed by atoms with van der Waals surface area (Å²) in [6.45, 7) is 7.99. The Hall–Kier alpha value is -0.450. The Balaban J connectivity index is 1.90. The predicted molar refractivity (Wildman–Crippen MR) is 59.4 cm³/mol. The van der Waals surface area contributed by atoms with Crippen LogP contribution in [0.15, 0.2) is 11.7 Å². The molecule has 1 aromatic heterocycles. The van der Waals surface area contributed by atoms with Crippen molar-refractivity contribution in [3.05, 3.63) is 16.6 Å². The Morgan fingerprint density at radius 3 is 3.43 bits per heavy atom. The molecule has 2 rings (SSSR count). The highest BCUT2D eigenvalue weighted by molar-refractivity contribution is 7.09. The second kappa shape index (κ2) is 4.87. The van der Waals surface area contributed by atoms with E-state index in [9.17, 15) is 0 Å². The van der Waals surface area contributed by atoms with Crippen molar-refractivity contribution in [2.45, 2.75) is 13.5 Å². The van der Waals surface area contributed by atoms with Crippen molar-refractivity contribution in [1.29, 1.82) is 0 Å². The highest BCUT2D eigenvalue weighted by atomic mass is 32.1. The summed E-state index contributed by atoms with van der Waals surface area (Å²) >= 11 is 1.75. The van der Waals surface area contributed by atoms with Crippen LogP contribution in [0.1, 0.15) is 11.8 Å². The fourth-order valence-electron chi connectivity index (χ4n) is 1.87. The molecule has 14 heavy (non-hydrogen) atoms. The van der Waals surface area contributed by atoms with Crippen LogP contribution in [-0.2, 0) is 6.54 Å². The van der Waals surface area contributed by atoms with Crippen LogP contribution in [0.25, 0.3) is 0 Å². The third kappa shape index (κ3) is 2.77. The molecule has 0 aliphatic carbocycles. The smallest absolute Gasteiger partial charge is 0.0794 e. The van der Waals surface area contributed by atoms with Gasteiger partial charge in [0.15, 0.2) is 0 Å². The molecular formula is C10H17N3S. The number of rotatable bonds is 2. The number of aromatic nitrogens is 1. The van der Waals surface area contributed by atoms with Gasteiger partial charge in [-0.25, -0.2) is 0 Å². The van der Waals surface area contributed by atoms with Crippen molar-refractivity contribution in [3.8, 4) is 0 Å². The zero-order valence-corrected chi connectivity index (χ0v) is 9.39. The lowest BCUT2D eigenvalue weighted by Crippen LogP contribution is -2.28. The largest absolute Gasteiger partial charge is 0.315 e. The van der Waals surface area contributed by atoms with Crippen LogP contribution in [0.5, 0.6) is 0 Å². The van der Waals surface area contributed by atoms with Crippen LogP contribution in [0.3, 0.4) is 0 Å². The molecule has 0 spiro atoms. The van der Waals surface area contributed by atoms with Crippen molar-refractivity contribution >= 4 is 11.3 Å². The lowest BCUT2D eigenvalue weighted by molar-refractivity contribution is 0.259. The first kappa shape index (κ1) is 10.1. The lowest BCUT2D eigenvalue weighted by atomic mass is 10.2. The van der Waals surface area contributed by atoms with Gasteiger partial charge in [0.2, 0.25) is 0 Å². The summed E-state index contributed by atoms with van der Waals surface area (Å²) in [6.07, 6.45) is 1.98. The highest BCUT2D eigenvalue weighted by Gasteiger charge is 2.14. The SMILES string of the molecule is CC1CNCCN(Cc2cncs2)C1. The summed E-state index contributed by atoms with van der Waals surface area (Å²) in [5.74, 6) is 0.755. The minimum Gasteiger partial charge on any atom is -0.315 e. The van der Waals surface area contributed by atoms with E-state index in [1.807, 2.05) is 11.7 Å². The van der Waals surface area contributed by atoms with E-state index in [0.717, 1.165) is 32.1 Å². The van der Waals surface area contributed by atoms with Crippen LogP contribution >= 0.6 is 11.3 Å². The monoisotopic (exact) mass is 211 g/mol. The topological polar surface area (TPSA) is 28.2 Å². The molecule has 0 saturated carbocycles. The predicted octanol–water partition coefficient (Wildman–Crippen LogP) is 1.18. The maximum absolute atomic E-state index is 4.11. The molecule has 78 valence electrons. The molecule has 0 bridgehead atoms. The van der Waals surface area contributed by atoms with Gasteiger partial charge in [0, 0.05) is 37.3 Å². The molecule has 1 aromatic rings. The van der Waals surface area contributed by atoms with Gasteiger partial charge in [-0.05, 0) is 12.5 Å². The Morgan fingerprint density at radius 1 is 1.71 bits per heavy atom. The summed E-state index contributed by atoms with van der Waals surface area (Å²) < 4.78 is 0. The lowest BCUT2D eigenvalue weighted by Gasteiger charge is -2.20. The summed E-state index contributed by atoms with van der Waals surface area (Å²) in [5.41, 5.74) is 1.91. The maximum Gasteiger partial charge on any atom is 0.0794 e. The summed E-state index contributed by atoms with van der Waals surface area (Å²) in [4.78, 5) is 7.99. The standard InChI is InChI=1S/C10H17N3S/c1-9-4-11-2-3-13(6-9)7-10-5-12-8-14-10/h5,8-9,11H,2-4,6-7H2,1H3. The van der Waals surface area contributed by atoms with E-state index >= 15 is 0 Å². The molecule has 3 nitrogen and oxygen atoms in total. The zero-order chi connectivity index (χ0) is 9.80. The number of hydrogen-bond acceptors (Lipinski definition) is 4. The van der Waals surface area contributed by atoms with Gasteiger partial charge < -0.3 is 5.32 Å². The first-order valence-electron chi connectivity index (χ1n) is 5.15. The van der Waals surface area contributed by atoms with Crippen molar-refractivity contribution in [2.24, 2.45) is 5.92 Å². The molecule has 0 amide bonds. The van der Waals surface area contributed by atoms with Gasteiger partial charge in [-0.3, -0.25) is 9.88 Å². The van der Waals surface area contributed by atoms with E-state index in [2.05, 4.69) is 22.1 Å². The molecule has 1 unspecified atom stereocenters. The minimum absolute atomic E-state index is 0.755. The zero-order valence-electron chi connectivity index (χ0n) is 8.57. The number of nitrogens with one attached hydrogen (secondary N) is 1. The molecule has 2 heterocycles. The van der Waals surface area contributed by atoms with Crippen LogP contribution < -0.4 is 5.32 Å². The van der Waals surface area contributed by atoms with Gasteiger partial charge in [-0.1, -0.05) is 6.92 Å². The first-order chi connectivity index (χ1) is 6.84. The molecule has 0 aromatic carbocycles. The Labute approximate surface area is 89.1 Å². The average molecular weight is 211 g/mol. The van der Waals surface area contributed by atoms with Gasteiger partial charge in [-0.15, -0.1) is 11.3 Å². The molecule has 1 aliphatic rings. The molecule has 4 heteroatoms. The fraction of sp³-hybridized carbons (Fsp3) is 0.700. The van der Waals surface area contributed by atoms with Crippen molar-refractivity contribution < 1.29 is 0 Å². The number of hydrogen-bond donors (Lipinski definition) is 1.